The number of nitrogens with zero attached hydrogens (tertiary/aromatic N) is 2. The van der Waals surface area contributed by atoms with E-state index < -0.39 is 17.7 Å². The number of nitrogens with one attached hydrogen (secondary N) is 1. The highest BCUT2D eigenvalue weighted by Crippen LogP contribution is 2.21. The van der Waals surface area contributed by atoms with E-state index in [2.05, 4.69) is 5.32 Å². The van der Waals surface area contributed by atoms with E-state index in [0.717, 1.165) is 6.07 Å². The predicted molar refractivity (Wildman–Crippen MR) is 92.1 cm³/mol. The summed E-state index contributed by atoms with van der Waals surface area (Å²) in [5, 5.41) is 11.8. The Balaban J connectivity index is 2.03. The topological polar surface area (TPSA) is 56.1 Å². The Bertz CT molecular complexity index is 836. The van der Waals surface area contributed by atoms with Crippen LogP contribution >= 0.6 is 11.6 Å². The number of nitriles is 1. The van der Waals surface area contributed by atoms with Crippen molar-refractivity contribution in [3.8, 4) is 6.07 Å². The summed E-state index contributed by atoms with van der Waals surface area (Å²) in [6.07, 6.45) is 0. The molecule has 0 saturated carbocycles. The van der Waals surface area contributed by atoms with Gasteiger partial charge in [-0.05, 0) is 38.2 Å². The Morgan fingerprint density at radius 1 is 1.32 bits per heavy atom. The molecule has 1 unspecified atom stereocenters. The quantitative estimate of drug-likeness (QED) is 0.875. The molecule has 0 aliphatic carbocycles. The molecule has 7 heteroatoms. The number of hydrogen-bond donors (Lipinski definition) is 1. The molecule has 0 heterocycles. The summed E-state index contributed by atoms with van der Waals surface area (Å²) in [6.45, 7) is 1.82. The summed E-state index contributed by atoms with van der Waals surface area (Å²) >= 11 is 5.94. The van der Waals surface area contributed by atoms with Gasteiger partial charge >= 0.3 is 0 Å². The van der Waals surface area contributed by atoms with Crippen molar-refractivity contribution in [1.82, 2.24) is 4.90 Å². The van der Waals surface area contributed by atoms with Gasteiger partial charge in [0.15, 0.2) is 0 Å². The van der Waals surface area contributed by atoms with E-state index in [1.54, 1.807) is 24.9 Å². The molecular weight excluding hydrogens is 348 g/mol. The highest BCUT2D eigenvalue weighted by Gasteiger charge is 2.20. The van der Waals surface area contributed by atoms with Gasteiger partial charge in [0.25, 0.3) is 0 Å². The second-order valence-electron chi connectivity index (χ2n) is 5.62. The number of hydrogen-bond acceptors (Lipinski definition) is 3. The van der Waals surface area contributed by atoms with E-state index in [1.807, 2.05) is 6.07 Å². The fourth-order valence-corrected chi connectivity index (χ4v) is 2.41. The third kappa shape index (κ3) is 4.75. The zero-order valence-electron chi connectivity index (χ0n) is 13.7. The molecule has 2 aromatic carbocycles. The van der Waals surface area contributed by atoms with E-state index in [4.69, 9.17) is 16.9 Å². The van der Waals surface area contributed by atoms with Gasteiger partial charge in [0.2, 0.25) is 5.91 Å². The Morgan fingerprint density at radius 2 is 2.04 bits per heavy atom. The number of anilines is 1. The van der Waals surface area contributed by atoms with Crippen molar-refractivity contribution in [2.45, 2.75) is 19.5 Å². The van der Waals surface area contributed by atoms with Crippen LogP contribution in [-0.2, 0) is 11.3 Å². The molecule has 25 heavy (non-hydrogen) atoms. The Hall–Kier alpha value is -2.49. The van der Waals surface area contributed by atoms with Crippen molar-refractivity contribution in [2.24, 2.45) is 0 Å². The summed E-state index contributed by atoms with van der Waals surface area (Å²) in [7, 11) is 1.67. The monoisotopic (exact) mass is 363 g/mol. The average Bonchev–Trinajstić information content (AvgIpc) is 2.56. The van der Waals surface area contributed by atoms with E-state index >= 15 is 0 Å². The van der Waals surface area contributed by atoms with Gasteiger partial charge in [-0.2, -0.15) is 5.26 Å². The maximum absolute atomic E-state index is 13.7. The van der Waals surface area contributed by atoms with Crippen molar-refractivity contribution < 1.29 is 13.6 Å². The van der Waals surface area contributed by atoms with Crippen molar-refractivity contribution in [2.75, 3.05) is 12.4 Å². The second kappa shape index (κ2) is 8.06. The number of halogens is 3. The first-order chi connectivity index (χ1) is 11.8. The minimum Gasteiger partial charge on any atom is -0.325 e. The standard InChI is InChI=1S/C18H16ClF2N3O/c1-11(24(2)10-13-3-5-14(20)7-17(13)21)18(25)23-15-6-4-12(9-22)16(19)8-15/h3-8,11H,10H2,1-2H3,(H,23,25). The van der Waals surface area contributed by atoms with E-state index in [1.165, 1.54) is 24.3 Å². The first-order valence-corrected chi connectivity index (χ1v) is 7.84. The molecule has 0 aliphatic rings. The van der Waals surface area contributed by atoms with Crippen LogP contribution in [0.1, 0.15) is 18.1 Å². The third-order valence-corrected chi connectivity index (χ3v) is 4.15. The molecule has 2 rings (SSSR count). The van der Waals surface area contributed by atoms with Crippen LogP contribution in [0.15, 0.2) is 36.4 Å². The predicted octanol–water partition coefficient (Wildman–Crippen LogP) is 3.95. The van der Waals surface area contributed by atoms with Gasteiger partial charge in [-0.15, -0.1) is 0 Å². The second-order valence-corrected chi connectivity index (χ2v) is 6.03. The van der Waals surface area contributed by atoms with Crippen LogP contribution in [0.3, 0.4) is 0 Å². The van der Waals surface area contributed by atoms with Crippen molar-refractivity contribution >= 4 is 23.2 Å². The first-order valence-electron chi connectivity index (χ1n) is 7.46. The van der Waals surface area contributed by atoms with E-state index in [-0.39, 0.29) is 17.5 Å². The number of carbonyl (C=O) groups is 1. The average molecular weight is 364 g/mol. The van der Waals surface area contributed by atoms with Gasteiger partial charge in [0.1, 0.15) is 17.7 Å². The zero-order valence-corrected chi connectivity index (χ0v) is 14.4. The van der Waals surface area contributed by atoms with Crippen molar-refractivity contribution in [1.29, 1.82) is 5.26 Å². The number of benzene rings is 2. The molecule has 2 aromatic rings. The SMILES string of the molecule is CC(C(=O)Nc1ccc(C#N)c(Cl)c1)N(C)Cc1ccc(F)cc1F. The molecule has 4 nitrogen and oxygen atoms in total. The third-order valence-electron chi connectivity index (χ3n) is 3.83. The Kier molecular flexibility index (Phi) is 6.07. The van der Waals surface area contributed by atoms with Crippen LogP contribution in [0, 0.1) is 23.0 Å². The van der Waals surface area contributed by atoms with Crippen LogP contribution in [-0.4, -0.2) is 23.9 Å². The van der Waals surface area contributed by atoms with Gasteiger partial charge < -0.3 is 5.32 Å². The molecule has 0 radical (unpaired) electrons. The molecule has 130 valence electrons. The molecule has 0 bridgehead atoms. The van der Waals surface area contributed by atoms with Crippen molar-refractivity contribution in [3.05, 3.63) is 64.2 Å². The number of likely N-dealkylation sites (N-methyl/N-ethyl adjacent to an activating group) is 1. The Morgan fingerprint density at radius 3 is 2.64 bits per heavy atom. The van der Waals surface area contributed by atoms with Gasteiger partial charge in [0, 0.05) is 23.9 Å². The first kappa shape index (κ1) is 18.8. The minimum atomic E-state index is -0.654. The van der Waals surface area contributed by atoms with Gasteiger partial charge in [0.05, 0.1) is 16.6 Å². The fourth-order valence-electron chi connectivity index (χ4n) is 2.19. The van der Waals surface area contributed by atoms with Crippen LogP contribution in [0.5, 0.6) is 0 Å². The van der Waals surface area contributed by atoms with E-state index in [9.17, 15) is 13.6 Å². The van der Waals surface area contributed by atoms with Crippen LogP contribution in [0.25, 0.3) is 0 Å². The summed E-state index contributed by atoms with van der Waals surface area (Å²) < 4.78 is 26.7. The summed E-state index contributed by atoms with van der Waals surface area (Å²) in [6, 6.07) is 9.29. The van der Waals surface area contributed by atoms with Crippen LogP contribution in [0.4, 0.5) is 14.5 Å². The summed E-state index contributed by atoms with van der Waals surface area (Å²) in [5.41, 5.74) is 1.07. The lowest BCUT2D eigenvalue weighted by Gasteiger charge is -2.24. The molecular formula is C18H16ClF2N3O. The maximum atomic E-state index is 13.7. The van der Waals surface area contributed by atoms with Crippen molar-refractivity contribution in [3.63, 3.8) is 0 Å². The lowest BCUT2D eigenvalue weighted by molar-refractivity contribution is -0.120. The molecule has 1 amide bonds. The summed E-state index contributed by atoms with van der Waals surface area (Å²) in [4.78, 5) is 14.0. The van der Waals surface area contributed by atoms with Gasteiger partial charge in [-0.25, -0.2) is 8.78 Å². The molecule has 0 fully saturated rings. The van der Waals surface area contributed by atoms with Crippen LogP contribution < -0.4 is 5.32 Å². The highest BCUT2D eigenvalue weighted by molar-refractivity contribution is 6.32. The van der Waals surface area contributed by atoms with Gasteiger partial charge in [-0.3, -0.25) is 9.69 Å². The molecule has 0 aromatic heterocycles. The zero-order chi connectivity index (χ0) is 18.6. The summed E-state index contributed by atoms with van der Waals surface area (Å²) in [5.74, 6) is -1.61. The molecule has 0 saturated heterocycles. The lowest BCUT2D eigenvalue weighted by Crippen LogP contribution is -2.39. The molecule has 0 aliphatic heterocycles. The number of rotatable bonds is 5. The number of carbonyl (C=O) groups excluding carboxylic acids is 1. The van der Waals surface area contributed by atoms with Gasteiger partial charge in [-0.1, -0.05) is 17.7 Å². The van der Waals surface area contributed by atoms with E-state index in [0.29, 0.717) is 16.8 Å². The Labute approximate surface area is 149 Å². The minimum absolute atomic E-state index is 0.148. The fraction of sp³-hybridized carbons (Fsp3) is 0.222. The number of amides is 1. The molecule has 1 atom stereocenters. The largest absolute Gasteiger partial charge is 0.325 e. The maximum Gasteiger partial charge on any atom is 0.241 e. The lowest BCUT2D eigenvalue weighted by atomic mass is 10.1. The van der Waals surface area contributed by atoms with Crippen LogP contribution in [0.2, 0.25) is 5.02 Å². The molecule has 1 N–H and O–H groups in total. The smallest absolute Gasteiger partial charge is 0.241 e. The highest BCUT2D eigenvalue weighted by atomic mass is 35.5. The molecule has 0 spiro atoms. The normalized spacial score (nSPS) is 11.9.